The van der Waals surface area contributed by atoms with E-state index in [1.165, 1.54) is 6.21 Å². The van der Waals surface area contributed by atoms with E-state index in [0.29, 0.717) is 12.1 Å². The van der Waals surface area contributed by atoms with Crippen LogP contribution in [-0.4, -0.2) is 22.2 Å². The van der Waals surface area contributed by atoms with E-state index < -0.39 is 5.91 Å². The molecule has 0 aliphatic rings. The Morgan fingerprint density at radius 2 is 2.40 bits per heavy atom. The lowest BCUT2D eigenvalue weighted by molar-refractivity contribution is -0.114. The van der Waals surface area contributed by atoms with Crippen LogP contribution in [0.15, 0.2) is 35.2 Å². The molecule has 0 bridgehead atoms. The molecule has 78 valence electrons. The lowest BCUT2D eigenvalue weighted by Gasteiger charge is -1.95. The summed E-state index contributed by atoms with van der Waals surface area (Å²) < 4.78 is 0. The third-order valence-corrected chi connectivity index (χ3v) is 1.66. The number of aromatic nitrogens is 1. The lowest BCUT2D eigenvalue weighted by atomic mass is 10.3. The fraction of sp³-hybridized carbons (Fsp3) is 0.100. The standard InChI is InChI=1S/C10H11N3O2/c1-7-2-3-12-9(4-7)13-5-8(6-14)10(11)15/h2-6,14H,1H3,(H2,11,15)/b8-6+,13-5?. The summed E-state index contributed by atoms with van der Waals surface area (Å²) in [5.74, 6) is -0.287. The van der Waals surface area contributed by atoms with Gasteiger partial charge in [-0.2, -0.15) is 0 Å². The smallest absolute Gasteiger partial charge is 0.253 e. The maximum atomic E-state index is 10.7. The van der Waals surface area contributed by atoms with Crippen molar-refractivity contribution in [2.24, 2.45) is 10.7 Å². The Morgan fingerprint density at radius 1 is 1.67 bits per heavy atom. The molecule has 5 heteroatoms. The number of aliphatic imine (C=N–C) groups is 1. The van der Waals surface area contributed by atoms with Gasteiger partial charge in [-0.25, -0.2) is 9.98 Å². The molecule has 0 atom stereocenters. The molecule has 0 spiro atoms. The average Bonchev–Trinajstić information content (AvgIpc) is 2.18. The van der Waals surface area contributed by atoms with Crippen LogP contribution in [0, 0.1) is 6.92 Å². The molecule has 0 fully saturated rings. The van der Waals surface area contributed by atoms with Crippen LogP contribution < -0.4 is 5.73 Å². The van der Waals surface area contributed by atoms with E-state index in [0.717, 1.165) is 5.56 Å². The number of aryl methyl sites for hydroxylation is 1. The summed E-state index contributed by atoms with van der Waals surface area (Å²) >= 11 is 0. The number of pyridine rings is 1. The summed E-state index contributed by atoms with van der Waals surface area (Å²) in [5, 5.41) is 8.65. The van der Waals surface area contributed by atoms with Crippen LogP contribution in [0.5, 0.6) is 0 Å². The number of aliphatic hydroxyl groups is 1. The summed E-state index contributed by atoms with van der Waals surface area (Å²) in [6.07, 6.45) is 3.39. The number of aliphatic hydroxyl groups excluding tert-OH is 1. The van der Waals surface area contributed by atoms with Crippen molar-refractivity contribution in [3.8, 4) is 0 Å². The third kappa shape index (κ3) is 3.22. The number of hydrogen-bond acceptors (Lipinski definition) is 4. The van der Waals surface area contributed by atoms with Gasteiger partial charge in [0.05, 0.1) is 11.8 Å². The van der Waals surface area contributed by atoms with Gasteiger partial charge in [0.15, 0.2) is 5.82 Å². The molecule has 0 unspecified atom stereocenters. The van der Waals surface area contributed by atoms with Crippen LogP contribution >= 0.6 is 0 Å². The molecular weight excluding hydrogens is 194 g/mol. The Morgan fingerprint density at radius 3 is 2.93 bits per heavy atom. The van der Waals surface area contributed by atoms with Crippen LogP contribution in [0.1, 0.15) is 5.56 Å². The van der Waals surface area contributed by atoms with E-state index >= 15 is 0 Å². The van der Waals surface area contributed by atoms with Gasteiger partial charge in [0.25, 0.3) is 5.91 Å². The van der Waals surface area contributed by atoms with Gasteiger partial charge in [0, 0.05) is 12.4 Å². The van der Waals surface area contributed by atoms with Gasteiger partial charge >= 0.3 is 0 Å². The Hall–Kier alpha value is -2.17. The van der Waals surface area contributed by atoms with Gasteiger partial charge in [-0.1, -0.05) is 0 Å². The first-order valence-electron chi connectivity index (χ1n) is 4.24. The lowest BCUT2D eigenvalue weighted by Crippen LogP contribution is -2.14. The van der Waals surface area contributed by atoms with Crippen LogP contribution in [0.4, 0.5) is 5.82 Å². The summed E-state index contributed by atoms with van der Waals surface area (Å²) in [5.41, 5.74) is 5.90. The highest BCUT2D eigenvalue weighted by Crippen LogP contribution is 2.08. The Labute approximate surface area is 87.0 Å². The van der Waals surface area contributed by atoms with Crippen molar-refractivity contribution in [2.45, 2.75) is 6.92 Å². The van der Waals surface area contributed by atoms with Gasteiger partial charge in [-0.05, 0) is 24.6 Å². The van der Waals surface area contributed by atoms with Crippen molar-refractivity contribution in [1.82, 2.24) is 4.98 Å². The number of carbonyl (C=O) groups is 1. The summed E-state index contributed by atoms with van der Waals surface area (Å²) in [6.45, 7) is 1.90. The topological polar surface area (TPSA) is 88.6 Å². The highest BCUT2D eigenvalue weighted by atomic mass is 16.2. The minimum Gasteiger partial charge on any atom is -0.515 e. The van der Waals surface area contributed by atoms with E-state index in [-0.39, 0.29) is 5.57 Å². The van der Waals surface area contributed by atoms with Crippen molar-refractivity contribution in [2.75, 3.05) is 0 Å². The molecule has 0 aromatic carbocycles. The first-order valence-corrected chi connectivity index (χ1v) is 4.24. The molecule has 1 aromatic heterocycles. The maximum absolute atomic E-state index is 10.7. The van der Waals surface area contributed by atoms with Gasteiger partial charge < -0.3 is 10.8 Å². The van der Waals surface area contributed by atoms with Crippen molar-refractivity contribution in [1.29, 1.82) is 0 Å². The van der Waals surface area contributed by atoms with E-state index in [2.05, 4.69) is 9.98 Å². The predicted octanol–water partition coefficient (Wildman–Crippen LogP) is 1.02. The van der Waals surface area contributed by atoms with E-state index in [4.69, 9.17) is 10.8 Å². The van der Waals surface area contributed by atoms with Gasteiger partial charge in [0.1, 0.15) is 0 Å². The zero-order chi connectivity index (χ0) is 11.3. The van der Waals surface area contributed by atoms with Gasteiger partial charge in [0.2, 0.25) is 0 Å². The molecule has 1 amide bonds. The molecule has 0 saturated carbocycles. The molecule has 0 radical (unpaired) electrons. The number of hydrogen-bond donors (Lipinski definition) is 2. The Kier molecular flexibility index (Phi) is 3.56. The van der Waals surface area contributed by atoms with Crippen molar-refractivity contribution in [3.63, 3.8) is 0 Å². The molecule has 1 aromatic rings. The van der Waals surface area contributed by atoms with Gasteiger partial charge in [-0.15, -0.1) is 0 Å². The van der Waals surface area contributed by atoms with Crippen molar-refractivity contribution < 1.29 is 9.90 Å². The molecule has 5 nitrogen and oxygen atoms in total. The Balaban J connectivity index is 2.86. The van der Waals surface area contributed by atoms with Crippen LogP contribution in [0.3, 0.4) is 0 Å². The largest absolute Gasteiger partial charge is 0.515 e. The number of amides is 1. The minimum absolute atomic E-state index is 0.0710. The van der Waals surface area contributed by atoms with E-state index in [1.54, 1.807) is 12.3 Å². The molecule has 1 heterocycles. The molecule has 0 aliphatic carbocycles. The third-order valence-electron chi connectivity index (χ3n) is 1.66. The van der Waals surface area contributed by atoms with Crippen molar-refractivity contribution in [3.05, 3.63) is 35.7 Å². The number of rotatable bonds is 3. The van der Waals surface area contributed by atoms with Crippen LogP contribution in [-0.2, 0) is 4.79 Å². The van der Waals surface area contributed by atoms with E-state index in [9.17, 15) is 4.79 Å². The quantitative estimate of drug-likeness (QED) is 0.438. The molecule has 0 aliphatic heterocycles. The van der Waals surface area contributed by atoms with Gasteiger partial charge in [-0.3, -0.25) is 4.79 Å². The highest BCUT2D eigenvalue weighted by molar-refractivity contribution is 6.11. The zero-order valence-electron chi connectivity index (χ0n) is 8.21. The average molecular weight is 205 g/mol. The fourth-order valence-corrected chi connectivity index (χ4v) is 0.887. The molecule has 0 saturated heterocycles. The monoisotopic (exact) mass is 205 g/mol. The van der Waals surface area contributed by atoms with Crippen LogP contribution in [0.2, 0.25) is 0 Å². The second kappa shape index (κ2) is 4.90. The molecule has 3 N–H and O–H groups in total. The van der Waals surface area contributed by atoms with Crippen molar-refractivity contribution >= 4 is 17.9 Å². The fourth-order valence-electron chi connectivity index (χ4n) is 0.887. The SMILES string of the molecule is Cc1ccnc(N=C/C(=C\O)C(N)=O)c1. The maximum Gasteiger partial charge on any atom is 0.253 e. The second-order valence-corrected chi connectivity index (χ2v) is 2.90. The number of nitrogens with zero attached hydrogens (tertiary/aromatic N) is 2. The van der Waals surface area contributed by atoms with Crippen LogP contribution in [0.25, 0.3) is 0 Å². The highest BCUT2D eigenvalue weighted by Gasteiger charge is 2.00. The molecular formula is C10H11N3O2. The minimum atomic E-state index is -0.742. The predicted molar refractivity (Wildman–Crippen MR) is 57.0 cm³/mol. The summed E-state index contributed by atoms with van der Waals surface area (Å²) in [6, 6.07) is 3.57. The number of carbonyl (C=O) groups excluding carboxylic acids is 1. The normalized spacial score (nSPS) is 11.9. The first-order chi connectivity index (χ1) is 7.13. The summed E-state index contributed by atoms with van der Waals surface area (Å²) in [4.78, 5) is 18.5. The molecule has 1 rings (SSSR count). The Bertz CT molecular complexity index is 424. The van der Waals surface area contributed by atoms with E-state index in [1.807, 2.05) is 13.0 Å². The summed E-state index contributed by atoms with van der Waals surface area (Å²) in [7, 11) is 0. The zero-order valence-corrected chi connectivity index (χ0v) is 8.21. The number of primary amides is 1. The molecule has 15 heavy (non-hydrogen) atoms. The number of nitrogens with two attached hydrogens (primary N) is 1. The second-order valence-electron chi connectivity index (χ2n) is 2.90. The first kappa shape index (κ1) is 10.9.